The standard InChI is InChI=1S/C17H26BrNS/c1-2-13-19-16-7-5-3-4-6-8-17(16)20-15-11-9-14(18)10-12-15/h9-12,16-17,19H,2-8,13H2,1H3. The maximum Gasteiger partial charge on any atom is 0.0248 e. The zero-order valence-electron chi connectivity index (χ0n) is 12.4. The highest BCUT2D eigenvalue weighted by Crippen LogP contribution is 2.33. The second-order valence-electron chi connectivity index (χ2n) is 5.66. The highest BCUT2D eigenvalue weighted by Gasteiger charge is 2.23. The van der Waals surface area contributed by atoms with Crippen LogP contribution in [0.3, 0.4) is 0 Å². The predicted octanol–water partition coefficient (Wildman–Crippen LogP) is 5.63. The number of nitrogens with one attached hydrogen (secondary N) is 1. The van der Waals surface area contributed by atoms with E-state index in [4.69, 9.17) is 0 Å². The van der Waals surface area contributed by atoms with Crippen LogP contribution in [0.5, 0.6) is 0 Å². The van der Waals surface area contributed by atoms with Crippen molar-refractivity contribution in [2.75, 3.05) is 6.54 Å². The van der Waals surface area contributed by atoms with Gasteiger partial charge in [-0.05, 0) is 50.1 Å². The van der Waals surface area contributed by atoms with Gasteiger partial charge >= 0.3 is 0 Å². The van der Waals surface area contributed by atoms with Crippen molar-refractivity contribution in [3.8, 4) is 0 Å². The lowest BCUT2D eigenvalue weighted by atomic mass is 9.96. The van der Waals surface area contributed by atoms with Crippen LogP contribution >= 0.6 is 27.7 Å². The second-order valence-corrected chi connectivity index (χ2v) is 7.89. The van der Waals surface area contributed by atoms with Gasteiger partial charge in [-0.15, -0.1) is 11.8 Å². The van der Waals surface area contributed by atoms with Gasteiger partial charge in [0.15, 0.2) is 0 Å². The van der Waals surface area contributed by atoms with E-state index in [9.17, 15) is 0 Å². The molecular weight excluding hydrogens is 330 g/mol. The van der Waals surface area contributed by atoms with Gasteiger partial charge in [0, 0.05) is 20.7 Å². The topological polar surface area (TPSA) is 12.0 Å². The molecule has 1 fully saturated rings. The van der Waals surface area contributed by atoms with Crippen molar-refractivity contribution >= 4 is 27.7 Å². The maximum absolute atomic E-state index is 3.79. The minimum absolute atomic E-state index is 0.684. The van der Waals surface area contributed by atoms with Crippen LogP contribution in [-0.4, -0.2) is 17.8 Å². The summed E-state index contributed by atoms with van der Waals surface area (Å²) in [6.45, 7) is 3.41. The van der Waals surface area contributed by atoms with E-state index in [1.165, 1.54) is 54.3 Å². The molecule has 0 saturated heterocycles. The molecule has 1 aromatic rings. The molecule has 0 amide bonds. The van der Waals surface area contributed by atoms with Crippen molar-refractivity contribution in [1.82, 2.24) is 5.32 Å². The van der Waals surface area contributed by atoms with E-state index in [2.05, 4.69) is 64.2 Å². The summed E-state index contributed by atoms with van der Waals surface area (Å²) in [5.41, 5.74) is 0. The van der Waals surface area contributed by atoms with Crippen molar-refractivity contribution in [2.45, 2.75) is 68.1 Å². The van der Waals surface area contributed by atoms with E-state index < -0.39 is 0 Å². The van der Waals surface area contributed by atoms with Crippen molar-refractivity contribution in [3.05, 3.63) is 28.7 Å². The van der Waals surface area contributed by atoms with E-state index in [-0.39, 0.29) is 0 Å². The van der Waals surface area contributed by atoms with Crippen molar-refractivity contribution < 1.29 is 0 Å². The molecule has 1 nitrogen and oxygen atoms in total. The fraction of sp³-hybridized carbons (Fsp3) is 0.647. The smallest absolute Gasteiger partial charge is 0.0248 e. The van der Waals surface area contributed by atoms with Gasteiger partial charge in [0.1, 0.15) is 0 Å². The molecule has 0 radical (unpaired) electrons. The first-order valence-corrected chi connectivity index (χ1v) is 9.62. The summed E-state index contributed by atoms with van der Waals surface area (Å²) < 4.78 is 1.17. The molecule has 1 aliphatic carbocycles. The maximum atomic E-state index is 3.79. The third kappa shape index (κ3) is 5.42. The Kier molecular flexibility index (Phi) is 7.47. The lowest BCUT2D eigenvalue weighted by Gasteiger charge is -2.30. The van der Waals surface area contributed by atoms with Crippen molar-refractivity contribution in [2.24, 2.45) is 0 Å². The zero-order valence-corrected chi connectivity index (χ0v) is 14.8. The van der Waals surface area contributed by atoms with Gasteiger partial charge in [0.25, 0.3) is 0 Å². The molecule has 0 bridgehead atoms. The fourth-order valence-electron chi connectivity index (χ4n) is 2.84. The molecule has 1 N–H and O–H groups in total. The summed E-state index contributed by atoms with van der Waals surface area (Å²) in [5, 5.41) is 4.52. The minimum atomic E-state index is 0.684. The van der Waals surface area contributed by atoms with E-state index in [0.29, 0.717) is 6.04 Å². The van der Waals surface area contributed by atoms with E-state index >= 15 is 0 Å². The quantitative estimate of drug-likeness (QED) is 0.734. The Morgan fingerprint density at radius 1 is 1.10 bits per heavy atom. The molecule has 0 heterocycles. The number of rotatable bonds is 5. The SMILES string of the molecule is CCCNC1CCCCCCC1Sc1ccc(Br)cc1. The Morgan fingerprint density at radius 2 is 1.80 bits per heavy atom. The van der Waals surface area contributed by atoms with Gasteiger partial charge in [-0.2, -0.15) is 0 Å². The first-order valence-electron chi connectivity index (χ1n) is 7.95. The molecule has 1 aromatic carbocycles. The summed E-state index contributed by atoms with van der Waals surface area (Å²) in [4.78, 5) is 1.40. The minimum Gasteiger partial charge on any atom is -0.313 e. The molecule has 2 atom stereocenters. The van der Waals surface area contributed by atoms with Crippen LogP contribution in [0.2, 0.25) is 0 Å². The number of thioether (sulfide) groups is 1. The first kappa shape index (κ1) is 16.4. The van der Waals surface area contributed by atoms with Gasteiger partial charge < -0.3 is 5.32 Å². The normalized spacial score (nSPS) is 24.1. The van der Waals surface area contributed by atoms with Gasteiger partial charge in [-0.3, -0.25) is 0 Å². The first-order chi connectivity index (χ1) is 9.79. The van der Waals surface area contributed by atoms with Gasteiger partial charge in [-0.1, -0.05) is 48.5 Å². The number of hydrogen-bond acceptors (Lipinski definition) is 2. The Hall–Kier alpha value is 0.01000. The van der Waals surface area contributed by atoms with Crippen LogP contribution < -0.4 is 5.32 Å². The molecule has 0 spiro atoms. The molecule has 3 heteroatoms. The summed E-state index contributed by atoms with van der Waals surface area (Å²) >= 11 is 5.59. The Labute approximate surface area is 136 Å². The third-order valence-electron chi connectivity index (χ3n) is 3.96. The molecule has 2 rings (SSSR count). The van der Waals surface area contributed by atoms with Gasteiger partial charge in [0.2, 0.25) is 0 Å². The van der Waals surface area contributed by atoms with Crippen LogP contribution in [0.25, 0.3) is 0 Å². The average molecular weight is 356 g/mol. The number of halogens is 1. The lowest BCUT2D eigenvalue weighted by Crippen LogP contribution is -2.39. The van der Waals surface area contributed by atoms with E-state index in [0.717, 1.165) is 11.8 Å². The largest absolute Gasteiger partial charge is 0.313 e. The summed E-state index contributed by atoms with van der Waals surface area (Å²) in [6, 6.07) is 9.47. The van der Waals surface area contributed by atoms with E-state index in [1.807, 2.05) is 0 Å². The zero-order chi connectivity index (χ0) is 14.2. The molecule has 2 unspecified atom stereocenters. The summed E-state index contributed by atoms with van der Waals surface area (Å²) in [6.07, 6.45) is 9.53. The molecule has 112 valence electrons. The Morgan fingerprint density at radius 3 is 2.50 bits per heavy atom. The molecule has 1 aliphatic rings. The molecule has 1 saturated carbocycles. The highest BCUT2D eigenvalue weighted by atomic mass is 79.9. The van der Waals surface area contributed by atoms with E-state index in [1.54, 1.807) is 0 Å². The van der Waals surface area contributed by atoms with Crippen LogP contribution in [0, 0.1) is 0 Å². The van der Waals surface area contributed by atoms with Crippen LogP contribution in [0.1, 0.15) is 51.9 Å². The predicted molar refractivity (Wildman–Crippen MR) is 93.6 cm³/mol. The van der Waals surface area contributed by atoms with Crippen molar-refractivity contribution in [1.29, 1.82) is 0 Å². The molecule has 20 heavy (non-hydrogen) atoms. The van der Waals surface area contributed by atoms with Gasteiger partial charge in [-0.25, -0.2) is 0 Å². The lowest BCUT2D eigenvalue weighted by molar-refractivity contribution is 0.400. The summed E-state index contributed by atoms with van der Waals surface area (Å²) in [5.74, 6) is 0. The highest BCUT2D eigenvalue weighted by molar-refractivity contribution is 9.10. The monoisotopic (exact) mass is 355 g/mol. The fourth-order valence-corrected chi connectivity index (χ4v) is 4.43. The molecule has 0 aromatic heterocycles. The van der Waals surface area contributed by atoms with Crippen LogP contribution in [-0.2, 0) is 0 Å². The second kappa shape index (κ2) is 9.11. The molecule has 0 aliphatic heterocycles. The Bertz CT molecular complexity index is 377. The van der Waals surface area contributed by atoms with Crippen LogP contribution in [0.4, 0.5) is 0 Å². The van der Waals surface area contributed by atoms with Gasteiger partial charge in [0.05, 0.1) is 0 Å². The Balaban J connectivity index is 1.99. The number of benzene rings is 1. The van der Waals surface area contributed by atoms with Crippen LogP contribution in [0.15, 0.2) is 33.6 Å². The average Bonchev–Trinajstić information content (AvgIpc) is 2.44. The molecular formula is C17H26BrNS. The number of hydrogen-bond donors (Lipinski definition) is 1. The summed E-state index contributed by atoms with van der Waals surface area (Å²) in [7, 11) is 0. The third-order valence-corrected chi connectivity index (χ3v) is 5.90. The van der Waals surface area contributed by atoms with Crippen molar-refractivity contribution in [3.63, 3.8) is 0 Å².